The topological polar surface area (TPSA) is 92.4 Å². The molecule has 0 unspecified atom stereocenters. The van der Waals surface area contributed by atoms with Crippen molar-refractivity contribution >= 4 is 37.7 Å². The summed E-state index contributed by atoms with van der Waals surface area (Å²) in [5.74, 6) is -0.0768. The van der Waals surface area contributed by atoms with Crippen LogP contribution in [0.1, 0.15) is 6.92 Å². The Kier molecular flexibility index (Phi) is 6.59. The highest BCUT2D eigenvalue weighted by Gasteiger charge is 2.12. The highest BCUT2D eigenvalue weighted by molar-refractivity contribution is 7.91. The normalized spacial score (nSPS) is 10.8. The first kappa shape index (κ1) is 21.2. The van der Waals surface area contributed by atoms with Crippen LogP contribution in [0.3, 0.4) is 0 Å². The Morgan fingerprint density at radius 2 is 1.47 bits per heavy atom. The zero-order valence-electron chi connectivity index (χ0n) is 16.6. The van der Waals surface area contributed by atoms with Crippen LogP contribution in [-0.4, -0.2) is 19.3 Å². The van der Waals surface area contributed by atoms with Gasteiger partial charge >= 0.3 is 0 Å². The van der Waals surface area contributed by atoms with Crippen LogP contribution in [0.15, 0.2) is 95.9 Å². The summed E-state index contributed by atoms with van der Waals surface area (Å²) < 4.78 is 22.7. The molecular formula is C24H24N2O3S. The first-order valence-electron chi connectivity index (χ1n) is 9.51. The molecule has 0 aliphatic carbocycles. The van der Waals surface area contributed by atoms with Crippen molar-refractivity contribution in [3.05, 3.63) is 91.0 Å². The van der Waals surface area contributed by atoms with Gasteiger partial charge in [0.1, 0.15) is 5.75 Å². The molecule has 0 aliphatic heterocycles. The van der Waals surface area contributed by atoms with Crippen molar-refractivity contribution < 1.29 is 13.5 Å². The van der Waals surface area contributed by atoms with Crippen molar-refractivity contribution in [3.8, 4) is 5.75 Å². The van der Waals surface area contributed by atoms with Crippen molar-refractivity contribution in [2.24, 2.45) is 0 Å². The van der Waals surface area contributed by atoms with Crippen molar-refractivity contribution in [3.63, 3.8) is 0 Å². The predicted octanol–water partition coefficient (Wildman–Crippen LogP) is 5.35. The van der Waals surface area contributed by atoms with E-state index >= 15 is 0 Å². The van der Waals surface area contributed by atoms with Gasteiger partial charge in [-0.15, -0.1) is 0 Å². The summed E-state index contributed by atoms with van der Waals surface area (Å²) in [4.78, 5) is 0.144. The maximum atomic E-state index is 11.3. The van der Waals surface area contributed by atoms with E-state index in [4.69, 9.17) is 10.8 Å². The lowest BCUT2D eigenvalue weighted by Crippen LogP contribution is -2.04. The van der Waals surface area contributed by atoms with E-state index in [-0.39, 0.29) is 22.1 Å². The van der Waals surface area contributed by atoms with E-state index < -0.39 is 9.84 Å². The minimum absolute atomic E-state index is 0.0250. The summed E-state index contributed by atoms with van der Waals surface area (Å²) in [6.45, 7) is 1.55. The summed E-state index contributed by atoms with van der Waals surface area (Å²) >= 11 is 0. The standard InChI is InChI=1S/C16H13N.C8H11NO3S/c1-2-8-15(9-3-1)17-16-11-10-13-6-4-5-7-14(13)12-16;1-2-13(11,12)6-3-4-8(10)7(9)5-6/h1-12,17H;3-5,10H,2,9H2,1H3. The molecule has 0 radical (unpaired) electrons. The van der Waals surface area contributed by atoms with Crippen LogP contribution in [-0.2, 0) is 9.84 Å². The number of nitrogen functional groups attached to an aromatic ring is 1. The molecule has 0 fully saturated rings. The monoisotopic (exact) mass is 420 g/mol. The van der Waals surface area contributed by atoms with Crippen molar-refractivity contribution in [1.82, 2.24) is 0 Å². The third kappa shape index (κ3) is 5.30. The third-order valence-electron chi connectivity index (χ3n) is 4.55. The van der Waals surface area contributed by atoms with Crippen LogP contribution in [0.2, 0.25) is 0 Å². The fourth-order valence-corrected chi connectivity index (χ4v) is 3.76. The largest absolute Gasteiger partial charge is 0.506 e. The number of rotatable bonds is 4. The molecule has 0 saturated heterocycles. The molecule has 0 amide bonds. The predicted molar refractivity (Wildman–Crippen MR) is 124 cm³/mol. The van der Waals surface area contributed by atoms with Gasteiger partial charge in [0.05, 0.1) is 16.3 Å². The van der Waals surface area contributed by atoms with E-state index in [1.807, 2.05) is 18.2 Å². The second-order valence-electron chi connectivity index (χ2n) is 6.68. The zero-order chi connectivity index (χ0) is 21.6. The summed E-state index contributed by atoms with van der Waals surface area (Å²) in [6, 6.07) is 28.9. The van der Waals surface area contributed by atoms with Gasteiger partial charge < -0.3 is 16.2 Å². The molecule has 0 atom stereocenters. The molecule has 30 heavy (non-hydrogen) atoms. The molecule has 0 heterocycles. The van der Waals surface area contributed by atoms with E-state index in [2.05, 4.69) is 59.9 Å². The number of hydrogen-bond acceptors (Lipinski definition) is 5. The maximum Gasteiger partial charge on any atom is 0.178 e. The van der Waals surface area contributed by atoms with Gasteiger partial charge in [-0.1, -0.05) is 55.5 Å². The van der Waals surface area contributed by atoms with Gasteiger partial charge in [-0.25, -0.2) is 8.42 Å². The van der Waals surface area contributed by atoms with Crippen LogP contribution in [0, 0.1) is 0 Å². The van der Waals surface area contributed by atoms with E-state index in [1.165, 1.54) is 29.0 Å². The SMILES string of the molecule is CCS(=O)(=O)c1ccc(O)c(N)c1.c1ccc(Nc2ccc3ccccc3c2)cc1. The lowest BCUT2D eigenvalue weighted by atomic mass is 10.1. The Morgan fingerprint density at radius 1 is 0.800 bits per heavy atom. The number of sulfone groups is 1. The third-order valence-corrected chi connectivity index (χ3v) is 6.28. The Morgan fingerprint density at radius 3 is 2.13 bits per heavy atom. The number of phenolic OH excluding ortho intramolecular Hbond substituents is 1. The maximum absolute atomic E-state index is 11.3. The van der Waals surface area contributed by atoms with E-state index in [0.29, 0.717) is 0 Å². The summed E-state index contributed by atoms with van der Waals surface area (Å²) in [5.41, 5.74) is 7.67. The van der Waals surface area contributed by atoms with Crippen LogP contribution in [0.5, 0.6) is 5.75 Å². The molecule has 0 aliphatic rings. The molecule has 6 heteroatoms. The smallest absolute Gasteiger partial charge is 0.178 e. The molecule has 4 rings (SSSR count). The molecule has 0 aromatic heterocycles. The Labute approximate surface area is 176 Å². The fourth-order valence-electron chi connectivity index (χ4n) is 2.85. The van der Waals surface area contributed by atoms with Gasteiger partial charge in [-0.3, -0.25) is 0 Å². The average Bonchev–Trinajstić information content (AvgIpc) is 2.76. The molecule has 0 spiro atoms. The van der Waals surface area contributed by atoms with Gasteiger partial charge in [-0.2, -0.15) is 0 Å². The second kappa shape index (κ2) is 9.33. The number of nitrogens with two attached hydrogens (primary N) is 1. The Balaban J connectivity index is 0.000000178. The quantitative estimate of drug-likeness (QED) is 0.306. The molecule has 5 nitrogen and oxygen atoms in total. The molecule has 4 N–H and O–H groups in total. The molecular weight excluding hydrogens is 396 g/mol. The minimum atomic E-state index is -3.23. The van der Waals surface area contributed by atoms with Gasteiger partial charge in [-0.05, 0) is 53.2 Å². The number of fused-ring (bicyclic) bond motifs is 1. The number of phenols is 1. The van der Waals surface area contributed by atoms with Crippen LogP contribution >= 0.6 is 0 Å². The van der Waals surface area contributed by atoms with Crippen molar-refractivity contribution in [2.75, 3.05) is 16.8 Å². The Bertz CT molecular complexity index is 1240. The van der Waals surface area contributed by atoms with E-state index in [9.17, 15) is 8.42 Å². The molecule has 154 valence electrons. The van der Waals surface area contributed by atoms with Gasteiger partial charge in [0.15, 0.2) is 9.84 Å². The van der Waals surface area contributed by atoms with Crippen molar-refractivity contribution in [1.29, 1.82) is 0 Å². The summed E-state index contributed by atoms with van der Waals surface area (Å²) in [7, 11) is -3.23. The summed E-state index contributed by atoms with van der Waals surface area (Å²) in [5, 5.41) is 15.0. The highest BCUT2D eigenvalue weighted by Crippen LogP contribution is 2.24. The number of para-hydroxylation sites is 1. The molecule has 0 bridgehead atoms. The number of nitrogens with one attached hydrogen (secondary N) is 1. The first-order chi connectivity index (χ1) is 14.4. The van der Waals surface area contributed by atoms with Crippen LogP contribution in [0.25, 0.3) is 10.8 Å². The van der Waals surface area contributed by atoms with Gasteiger partial charge in [0, 0.05) is 11.4 Å². The zero-order valence-corrected chi connectivity index (χ0v) is 17.4. The number of hydrogen-bond donors (Lipinski definition) is 3. The van der Waals surface area contributed by atoms with Gasteiger partial charge in [0.25, 0.3) is 0 Å². The highest BCUT2D eigenvalue weighted by atomic mass is 32.2. The molecule has 4 aromatic carbocycles. The molecule has 0 saturated carbocycles. The molecule has 4 aromatic rings. The number of anilines is 3. The average molecular weight is 421 g/mol. The number of aromatic hydroxyl groups is 1. The van der Waals surface area contributed by atoms with E-state index in [0.717, 1.165) is 11.4 Å². The van der Waals surface area contributed by atoms with E-state index in [1.54, 1.807) is 6.92 Å². The number of benzene rings is 4. The minimum Gasteiger partial charge on any atom is -0.506 e. The van der Waals surface area contributed by atoms with Crippen LogP contribution < -0.4 is 11.1 Å². The fraction of sp³-hybridized carbons (Fsp3) is 0.0833. The first-order valence-corrected chi connectivity index (χ1v) is 11.2. The van der Waals surface area contributed by atoms with Crippen LogP contribution in [0.4, 0.5) is 17.1 Å². The lowest BCUT2D eigenvalue weighted by molar-refractivity contribution is 0.477. The second-order valence-corrected chi connectivity index (χ2v) is 8.96. The van der Waals surface area contributed by atoms with Crippen molar-refractivity contribution in [2.45, 2.75) is 11.8 Å². The Hall–Kier alpha value is -3.51. The van der Waals surface area contributed by atoms with Gasteiger partial charge in [0.2, 0.25) is 0 Å². The lowest BCUT2D eigenvalue weighted by Gasteiger charge is -2.07. The summed E-state index contributed by atoms with van der Waals surface area (Å²) in [6.07, 6.45) is 0.